The van der Waals surface area contributed by atoms with Crippen LogP contribution in [0.5, 0.6) is 0 Å². The molecule has 0 radical (unpaired) electrons. The molecule has 1 fully saturated rings. The van der Waals surface area contributed by atoms with Crippen molar-refractivity contribution in [2.45, 2.75) is 13.3 Å². The lowest BCUT2D eigenvalue weighted by Gasteiger charge is -2.36. The van der Waals surface area contributed by atoms with Crippen LogP contribution in [0.15, 0.2) is 18.2 Å². The Kier molecular flexibility index (Phi) is 3.84. The van der Waals surface area contributed by atoms with Crippen LogP contribution in [-0.4, -0.2) is 37.6 Å². The zero-order valence-corrected chi connectivity index (χ0v) is 10.3. The van der Waals surface area contributed by atoms with Crippen LogP contribution in [0.4, 0.5) is 15.8 Å². The van der Waals surface area contributed by atoms with Gasteiger partial charge < -0.3 is 10.6 Å². The predicted octanol–water partition coefficient (Wildman–Crippen LogP) is 1.94. The Bertz CT molecular complexity index is 373. The fraction of sp³-hybridized carbons (Fsp3) is 0.538. The third-order valence-electron chi connectivity index (χ3n) is 3.24. The minimum Gasteiger partial charge on any atom is -0.397 e. The van der Waals surface area contributed by atoms with E-state index >= 15 is 0 Å². The number of hydrogen-bond acceptors (Lipinski definition) is 3. The minimum atomic E-state index is -0.268. The maximum Gasteiger partial charge on any atom is 0.125 e. The van der Waals surface area contributed by atoms with Gasteiger partial charge in [-0.25, -0.2) is 4.39 Å². The van der Waals surface area contributed by atoms with Crippen molar-refractivity contribution in [1.82, 2.24) is 4.90 Å². The van der Waals surface area contributed by atoms with E-state index in [9.17, 15) is 4.39 Å². The summed E-state index contributed by atoms with van der Waals surface area (Å²) in [5.74, 6) is -0.268. The Balaban J connectivity index is 2.00. The van der Waals surface area contributed by atoms with Crippen molar-refractivity contribution in [2.24, 2.45) is 0 Å². The van der Waals surface area contributed by atoms with E-state index in [1.807, 2.05) is 0 Å². The predicted molar refractivity (Wildman–Crippen MR) is 69.8 cm³/mol. The molecule has 1 aliphatic rings. The summed E-state index contributed by atoms with van der Waals surface area (Å²) in [7, 11) is 0. The maximum atomic E-state index is 13.0. The summed E-state index contributed by atoms with van der Waals surface area (Å²) in [6, 6.07) is 4.65. The van der Waals surface area contributed by atoms with Gasteiger partial charge in [-0.15, -0.1) is 0 Å². The van der Waals surface area contributed by atoms with E-state index in [2.05, 4.69) is 16.7 Å². The number of nitrogen functional groups attached to an aromatic ring is 1. The Morgan fingerprint density at radius 3 is 2.53 bits per heavy atom. The summed E-state index contributed by atoms with van der Waals surface area (Å²) >= 11 is 0. The lowest BCUT2D eigenvalue weighted by Crippen LogP contribution is -2.46. The second-order valence-electron chi connectivity index (χ2n) is 4.53. The summed E-state index contributed by atoms with van der Waals surface area (Å²) in [4.78, 5) is 4.69. The third-order valence-corrected chi connectivity index (χ3v) is 3.24. The van der Waals surface area contributed by atoms with Crippen LogP contribution in [0.3, 0.4) is 0 Å². The van der Waals surface area contributed by atoms with Crippen molar-refractivity contribution < 1.29 is 4.39 Å². The van der Waals surface area contributed by atoms with Gasteiger partial charge >= 0.3 is 0 Å². The SMILES string of the molecule is CCCN1CCN(c2ccc(F)cc2N)CC1. The van der Waals surface area contributed by atoms with Gasteiger partial charge in [0.05, 0.1) is 11.4 Å². The van der Waals surface area contributed by atoms with Crippen LogP contribution < -0.4 is 10.6 Å². The van der Waals surface area contributed by atoms with E-state index < -0.39 is 0 Å². The first kappa shape index (κ1) is 12.2. The summed E-state index contributed by atoms with van der Waals surface area (Å²) in [5, 5.41) is 0. The maximum absolute atomic E-state index is 13.0. The quantitative estimate of drug-likeness (QED) is 0.815. The second kappa shape index (κ2) is 5.36. The third kappa shape index (κ3) is 2.88. The Labute approximate surface area is 102 Å². The minimum absolute atomic E-state index is 0.268. The molecule has 0 aliphatic carbocycles. The van der Waals surface area contributed by atoms with Crippen LogP contribution in [0.25, 0.3) is 0 Å². The molecule has 1 aromatic rings. The lowest BCUT2D eigenvalue weighted by atomic mass is 10.2. The number of anilines is 2. The van der Waals surface area contributed by atoms with Gasteiger partial charge in [-0.3, -0.25) is 4.90 Å². The van der Waals surface area contributed by atoms with Gasteiger partial charge in [0.15, 0.2) is 0 Å². The molecule has 0 spiro atoms. The number of piperazine rings is 1. The molecule has 0 saturated carbocycles. The molecular formula is C13H20FN3. The lowest BCUT2D eigenvalue weighted by molar-refractivity contribution is 0.258. The Morgan fingerprint density at radius 2 is 1.94 bits per heavy atom. The molecule has 1 aliphatic heterocycles. The highest BCUT2D eigenvalue weighted by molar-refractivity contribution is 5.67. The standard InChI is InChI=1S/C13H20FN3/c1-2-5-16-6-8-17(9-7-16)13-4-3-11(14)10-12(13)15/h3-4,10H,2,5-9,15H2,1H3. The number of hydrogen-bond donors (Lipinski definition) is 1. The van der Waals surface area contributed by atoms with E-state index in [-0.39, 0.29) is 5.82 Å². The van der Waals surface area contributed by atoms with E-state index in [0.717, 1.165) is 38.4 Å². The molecule has 0 bridgehead atoms. The summed E-state index contributed by atoms with van der Waals surface area (Å²) < 4.78 is 13.0. The van der Waals surface area contributed by atoms with Crippen molar-refractivity contribution in [2.75, 3.05) is 43.4 Å². The molecule has 17 heavy (non-hydrogen) atoms. The monoisotopic (exact) mass is 237 g/mol. The molecule has 3 nitrogen and oxygen atoms in total. The van der Waals surface area contributed by atoms with Gasteiger partial charge in [0.1, 0.15) is 5.82 Å². The highest BCUT2D eigenvalue weighted by atomic mass is 19.1. The molecule has 0 aromatic heterocycles. The van der Waals surface area contributed by atoms with E-state index in [0.29, 0.717) is 5.69 Å². The molecule has 0 unspecified atom stereocenters. The fourth-order valence-corrected chi connectivity index (χ4v) is 2.34. The van der Waals surface area contributed by atoms with E-state index in [1.165, 1.54) is 18.6 Å². The smallest absolute Gasteiger partial charge is 0.125 e. The second-order valence-corrected chi connectivity index (χ2v) is 4.53. The molecule has 1 saturated heterocycles. The molecular weight excluding hydrogens is 217 g/mol. The summed E-state index contributed by atoms with van der Waals surface area (Å²) in [6.45, 7) is 7.41. The first-order valence-electron chi connectivity index (χ1n) is 6.23. The highest BCUT2D eigenvalue weighted by Crippen LogP contribution is 2.24. The van der Waals surface area contributed by atoms with Crippen LogP contribution in [0.2, 0.25) is 0 Å². The number of rotatable bonds is 3. The average molecular weight is 237 g/mol. The first-order valence-corrected chi connectivity index (χ1v) is 6.23. The molecule has 94 valence electrons. The number of nitrogens with zero attached hydrogens (tertiary/aromatic N) is 2. The number of nitrogens with two attached hydrogens (primary N) is 1. The fourth-order valence-electron chi connectivity index (χ4n) is 2.34. The van der Waals surface area contributed by atoms with Crippen LogP contribution in [0.1, 0.15) is 13.3 Å². The first-order chi connectivity index (χ1) is 8.20. The van der Waals surface area contributed by atoms with Crippen LogP contribution in [-0.2, 0) is 0 Å². The van der Waals surface area contributed by atoms with Crippen molar-refractivity contribution >= 4 is 11.4 Å². The van der Waals surface area contributed by atoms with Crippen LogP contribution >= 0.6 is 0 Å². The largest absolute Gasteiger partial charge is 0.397 e. The molecule has 0 amide bonds. The van der Waals surface area contributed by atoms with Crippen LogP contribution in [0, 0.1) is 5.82 Å². The molecule has 2 N–H and O–H groups in total. The highest BCUT2D eigenvalue weighted by Gasteiger charge is 2.17. The van der Waals surface area contributed by atoms with Gasteiger partial charge in [0.2, 0.25) is 0 Å². The molecule has 2 rings (SSSR count). The van der Waals surface area contributed by atoms with E-state index in [1.54, 1.807) is 6.07 Å². The Morgan fingerprint density at radius 1 is 1.24 bits per heavy atom. The van der Waals surface area contributed by atoms with Gasteiger partial charge in [-0.2, -0.15) is 0 Å². The Hall–Kier alpha value is -1.29. The van der Waals surface area contributed by atoms with Gasteiger partial charge in [0, 0.05) is 26.2 Å². The summed E-state index contributed by atoms with van der Waals surface area (Å²) in [5.41, 5.74) is 7.35. The van der Waals surface area contributed by atoms with Crippen molar-refractivity contribution in [3.8, 4) is 0 Å². The average Bonchev–Trinajstić information content (AvgIpc) is 2.31. The molecule has 1 heterocycles. The van der Waals surface area contributed by atoms with Gasteiger partial charge in [-0.1, -0.05) is 6.92 Å². The number of benzene rings is 1. The number of halogens is 1. The topological polar surface area (TPSA) is 32.5 Å². The van der Waals surface area contributed by atoms with Crippen molar-refractivity contribution in [3.05, 3.63) is 24.0 Å². The normalized spacial score (nSPS) is 17.4. The van der Waals surface area contributed by atoms with Gasteiger partial charge in [0.25, 0.3) is 0 Å². The molecule has 0 atom stereocenters. The zero-order chi connectivity index (χ0) is 12.3. The van der Waals surface area contributed by atoms with E-state index in [4.69, 9.17) is 5.73 Å². The zero-order valence-electron chi connectivity index (χ0n) is 10.3. The summed E-state index contributed by atoms with van der Waals surface area (Å²) in [6.07, 6.45) is 1.19. The molecule has 1 aromatic carbocycles. The van der Waals surface area contributed by atoms with Gasteiger partial charge in [-0.05, 0) is 31.2 Å². The molecule has 4 heteroatoms. The van der Waals surface area contributed by atoms with Crippen molar-refractivity contribution in [1.29, 1.82) is 0 Å². The van der Waals surface area contributed by atoms with Crippen molar-refractivity contribution in [3.63, 3.8) is 0 Å².